The third-order valence-corrected chi connectivity index (χ3v) is 5.76. The Hall–Kier alpha value is 0.950. The smallest absolute Gasteiger partial charge is 0.115 e. The van der Waals surface area contributed by atoms with E-state index in [0.29, 0.717) is 13.0 Å². The summed E-state index contributed by atoms with van der Waals surface area (Å²) in [7, 11) is -4.04. The molecule has 1 heterocycles. The van der Waals surface area contributed by atoms with E-state index in [0.717, 1.165) is 18.9 Å². The van der Waals surface area contributed by atoms with Gasteiger partial charge in [-0.3, -0.25) is 0 Å². The fourth-order valence-electron chi connectivity index (χ4n) is 1.55. The summed E-state index contributed by atoms with van der Waals surface area (Å²) in [6.45, 7) is -2.10. The Morgan fingerprint density at radius 3 is 2.67 bits per heavy atom. The SMILES string of the molecule is [3H][C@@H]1S[C@H](COP(=O)([O-])[O-])[C@@H](OP([O-])(=S)OC)[C@H]1OCCC. The van der Waals surface area contributed by atoms with Crippen LogP contribution in [-0.2, 0) is 34.7 Å². The number of rotatable bonds is 9. The van der Waals surface area contributed by atoms with E-state index in [1.54, 1.807) is 0 Å². The zero-order chi connectivity index (χ0) is 17.0. The molecule has 5 atom stereocenters. The average Bonchev–Trinajstić information content (AvgIpc) is 2.69. The predicted octanol–water partition coefficient (Wildman–Crippen LogP) is -0.641. The summed E-state index contributed by atoms with van der Waals surface area (Å²) < 4.78 is 38.1. The first-order valence-corrected chi connectivity index (χ1v) is 11.0. The minimum atomic E-state index is -5.16. The van der Waals surface area contributed by atoms with Crippen molar-refractivity contribution in [3.63, 3.8) is 0 Å². The van der Waals surface area contributed by atoms with Crippen molar-refractivity contribution in [3.05, 3.63) is 0 Å². The molecule has 1 aliphatic heterocycles. The summed E-state index contributed by atoms with van der Waals surface area (Å²) in [4.78, 5) is 33.0. The normalized spacial score (nSPS) is 33.7. The number of thioether (sulfide) groups is 1. The summed E-state index contributed by atoms with van der Waals surface area (Å²) in [5.41, 5.74) is -0.824. The topological polar surface area (TPSA) is 123 Å². The van der Waals surface area contributed by atoms with Crippen molar-refractivity contribution in [2.45, 2.75) is 30.8 Å². The molecule has 1 rings (SSSR count). The van der Waals surface area contributed by atoms with Gasteiger partial charge in [-0.2, -0.15) is 11.8 Å². The van der Waals surface area contributed by atoms with Crippen molar-refractivity contribution < 1.29 is 38.9 Å². The van der Waals surface area contributed by atoms with Gasteiger partial charge >= 0.3 is 0 Å². The van der Waals surface area contributed by atoms with Crippen LogP contribution in [0.2, 0.25) is 0 Å². The average molecular weight is 381 g/mol. The van der Waals surface area contributed by atoms with E-state index in [4.69, 9.17) is 10.6 Å². The van der Waals surface area contributed by atoms with E-state index in [1.165, 1.54) is 0 Å². The predicted molar refractivity (Wildman–Crippen MR) is 76.0 cm³/mol. The Balaban J connectivity index is 2.84. The lowest BCUT2D eigenvalue weighted by Crippen LogP contribution is -2.37. The van der Waals surface area contributed by atoms with Gasteiger partial charge in [-0.15, -0.1) is 0 Å². The molecule has 21 heavy (non-hydrogen) atoms. The van der Waals surface area contributed by atoms with Crippen LogP contribution in [0.5, 0.6) is 0 Å². The van der Waals surface area contributed by atoms with Gasteiger partial charge in [-0.1, -0.05) is 18.7 Å². The van der Waals surface area contributed by atoms with Crippen LogP contribution in [0.4, 0.5) is 0 Å². The first-order valence-electron chi connectivity index (χ1n) is 6.58. The Morgan fingerprint density at radius 2 is 2.14 bits per heavy atom. The van der Waals surface area contributed by atoms with Gasteiger partial charge < -0.3 is 37.6 Å². The van der Waals surface area contributed by atoms with Gasteiger partial charge in [0.05, 0.1) is 25.8 Å². The highest BCUT2D eigenvalue weighted by Crippen LogP contribution is 2.45. The summed E-state index contributed by atoms with van der Waals surface area (Å²) in [6.07, 6.45) is -1.08. The molecule has 0 radical (unpaired) electrons. The Morgan fingerprint density at radius 1 is 1.48 bits per heavy atom. The highest BCUT2D eigenvalue weighted by atomic mass is 32.5. The second-order valence-corrected chi connectivity index (χ2v) is 9.20. The van der Waals surface area contributed by atoms with Gasteiger partial charge in [0.15, 0.2) is 0 Å². The number of phosphoric acid groups is 1. The van der Waals surface area contributed by atoms with Gasteiger partial charge in [-0.25, -0.2) is 0 Å². The fraction of sp³-hybridized carbons (Fsp3) is 1.00. The summed E-state index contributed by atoms with van der Waals surface area (Å²) >= 11 is 5.66. The first kappa shape index (κ1) is 18.3. The first-order chi connectivity index (χ1) is 10.1. The molecular formula is C9H17O8P2S2-3. The van der Waals surface area contributed by atoms with Crippen LogP contribution in [0.15, 0.2) is 0 Å². The summed E-state index contributed by atoms with van der Waals surface area (Å²) in [6, 6.07) is 0. The maximum absolute atomic E-state index is 11.8. The minimum Gasteiger partial charge on any atom is -0.790 e. The lowest BCUT2D eigenvalue weighted by atomic mass is 10.2. The second kappa shape index (κ2) is 8.70. The van der Waals surface area contributed by atoms with Crippen LogP contribution in [0.25, 0.3) is 0 Å². The van der Waals surface area contributed by atoms with Crippen LogP contribution in [0, 0.1) is 0 Å². The van der Waals surface area contributed by atoms with Crippen LogP contribution < -0.4 is 14.7 Å². The quantitative estimate of drug-likeness (QED) is 0.476. The van der Waals surface area contributed by atoms with Crippen molar-refractivity contribution in [2.75, 3.05) is 26.1 Å². The minimum absolute atomic E-state index is 0.338. The van der Waals surface area contributed by atoms with E-state index in [-0.39, 0.29) is 0 Å². The molecule has 0 aliphatic carbocycles. The van der Waals surface area contributed by atoms with Crippen LogP contribution >= 0.6 is 26.3 Å². The van der Waals surface area contributed by atoms with Gasteiger partial charge in [-0.05, 0) is 6.42 Å². The van der Waals surface area contributed by atoms with Crippen molar-refractivity contribution >= 4 is 38.1 Å². The Bertz CT molecular complexity index is 449. The molecule has 8 nitrogen and oxygen atoms in total. The van der Waals surface area contributed by atoms with Crippen molar-refractivity contribution in [1.82, 2.24) is 0 Å². The van der Waals surface area contributed by atoms with Crippen molar-refractivity contribution in [3.8, 4) is 0 Å². The van der Waals surface area contributed by atoms with E-state index >= 15 is 0 Å². The maximum Gasteiger partial charge on any atom is 0.115 e. The molecule has 0 N–H and O–H groups in total. The largest absolute Gasteiger partial charge is 0.790 e. The van der Waals surface area contributed by atoms with E-state index in [9.17, 15) is 19.2 Å². The zero-order valence-corrected chi connectivity index (χ0v) is 14.8. The standard InChI is InChI=1S/C9H20O8P2S2/c1-3-4-15-7-6-21-8(5-16-18(10,11)12)9(7)17-19(13,20)14-2/h7-9H,3-6H2,1-2H3,(H,13,20)(H2,10,11,12)/p-3/t7-,8+,9-,19?/m0/s1/i6T/t6-,7-,8+,9-,19?. The maximum atomic E-state index is 11.8. The highest BCUT2D eigenvalue weighted by molar-refractivity contribution is 8.06. The molecule has 0 aromatic carbocycles. The molecule has 0 bridgehead atoms. The summed E-state index contributed by atoms with van der Waals surface area (Å²) in [5, 5.41) is -0.744. The zero-order valence-electron chi connectivity index (χ0n) is 12.4. The lowest BCUT2D eigenvalue weighted by molar-refractivity contribution is -0.341. The monoisotopic (exact) mass is 381 g/mol. The molecule has 12 heteroatoms. The molecular weight excluding hydrogens is 362 g/mol. The molecule has 1 saturated heterocycles. The van der Waals surface area contributed by atoms with Crippen LogP contribution in [0.3, 0.4) is 0 Å². The highest BCUT2D eigenvalue weighted by Gasteiger charge is 2.40. The number of hydrogen-bond donors (Lipinski definition) is 0. The van der Waals surface area contributed by atoms with E-state index < -0.39 is 44.3 Å². The molecule has 0 saturated carbocycles. The van der Waals surface area contributed by atoms with Gasteiger partial charge in [0.1, 0.15) is 12.8 Å². The Labute approximate surface area is 134 Å². The second-order valence-electron chi connectivity index (χ2n) is 4.09. The van der Waals surface area contributed by atoms with Crippen molar-refractivity contribution in [2.24, 2.45) is 0 Å². The molecule has 1 aliphatic rings. The lowest BCUT2D eigenvalue weighted by Gasteiger charge is -2.35. The number of ether oxygens (including phenoxy) is 1. The molecule has 0 amide bonds. The van der Waals surface area contributed by atoms with Crippen LogP contribution in [0.1, 0.15) is 14.7 Å². The Kier molecular flexibility index (Phi) is 7.58. The third-order valence-electron chi connectivity index (χ3n) is 2.46. The molecule has 0 spiro atoms. The van der Waals surface area contributed by atoms with E-state index in [2.05, 4.69) is 20.9 Å². The van der Waals surface area contributed by atoms with Crippen molar-refractivity contribution in [1.29, 1.82) is 0 Å². The molecule has 0 aromatic heterocycles. The third kappa shape index (κ3) is 7.37. The summed E-state index contributed by atoms with van der Waals surface area (Å²) in [5.74, 6) is 0. The van der Waals surface area contributed by atoms with Gasteiger partial charge in [0.2, 0.25) is 0 Å². The van der Waals surface area contributed by atoms with E-state index in [1.807, 2.05) is 6.92 Å². The van der Waals surface area contributed by atoms with Gasteiger partial charge in [0.25, 0.3) is 0 Å². The van der Waals surface area contributed by atoms with Crippen LogP contribution in [-0.4, -0.2) is 43.5 Å². The molecule has 0 aromatic rings. The molecule has 126 valence electrons. The number of hydrogen-bond acceptors (Lipinski definition) is 10. The number of phosphoric ester groups is 1. The van der Waals surface area contributed by atoms with Gasteiger partial charge in [0, 0.05) is 20.8 Å². The molecule has 1 unspecified atom stereocenters. The molecule has 1 fully saturated rings. The fourth-order valence-corrected chi connectivity index (χ4v) is 4.13.